The Hall–Kier alpha value is -1.75. The molecule has 7 heteroatoms. The van der Waals surface area contributed by atoms with Crippen molar-refractivity contribution in [1.82, 2.24) is 0 Å². The molecular weight excluding hydrogens is 391 g/mol. The van der Waals surface area contributed by atoms with Crippen molar-refractivity contribution in [2.75, 3.05) is 18.0 Å². The summed E-state index contributed by atoms with van der Waals surface area (Å²) in [5, 5.41) is 16.5. The Morgan fingerprint density at radius 2 is 1.86 bits per heavy atom. The number of anilines is 1. The van der Waals surface area contributed by atoms with Crippen molar-refractivity contribution in [3.63, 3.8) is 0 Å². The Balaban J connectivity index is 2.56. The molecule has 152 valence electrons. The first-order chi connectivity index (χ1) is 13.5. The number of carboxylic acids is 1. The summed E-state index contributed by atoms with van der Waals surface area (Å²) in [6.45, 7) is 5.98. The third kappa shape index (κ3) is 6.13. The van der Waals surface area contributed by atoms with Crippen molar-refractivity contribution >= 4 is 38.1 Å². The minimum atomic E-state index is -0.971. The van der Waals surface area contributed by atoms with E-state index in [0.29, 0.717) is 16.4 Å². The lowest BCUT2D eigenvalue weighted by Crippen LogP contribution is -2.26. The molecule has 0 amide bonds. The molecule has 0 aromatic heterocycles. The molecule has 28 heavy (non-hydrogen) atoms. The van der Waals surface area contributed by atoms with Gasteiger partial charge in [0, 0.05) is 13.1 Å². The van der Waals surface area contributed by atoms with Crippen LogP contribution in [0.3, 0.4) is 0 Å². The van der Waals surface area contributed by atoms with Gasteiger partial charge in [-0.15, -0.1) is 9.24 Å². The van der Waals surface area contributed by atoms with Gasteiger partial charge in [0.2, 0.25) is 0 Å². The highest BCUT2D eigenvalue weighted by molar-refractivity contribution is 7.97. The van der Waals surface area contributed by atoms with Crippen LogP contribution >= 0.6 is 21.2 Å². The number of nitrogens with zero attached hydrogens (tertiary/aromatic N) is 1. The van der Waals surface area contributed by atoms with Gasteiger partial charge in [0.15, 0.2) is 5.75 Å². The summed E-state index contributed by atoms with van der Waals surface area (Å²) in [6.07, 6.45) is 4.16. The summed E-state index contributed by atoms with van der Waals surface area (Å²) in [5.74, 6) is 0.333. The van der Waals surface area contributed by atoms with Gasteiger partial charge in [0.25, 0.3) is 0 Å². The molecule has 0 heterocycles. The zero-order chi connectivity index (χ0) is 20.5. The number of hydrogen-bond donors (Lipinski definition) is 2. The van der Waals surface area contributed by atoms with Gasteiger partial charge in [-0.1, -0.05) is 38.8 Å². The fraction of sp³-hybridized carbons (Fsp3) is 0.381. The lowest BCUT2D eigenvalue weighted by molar-refractivity contribution is 0.0696. The van der Waals surface area contributed by atoms with Gasteiger partial charge in [-0.05, 0) is 54.4 Å². The van der Waals surface area contributed by atoms with Crippen LogP contribution in [-0.2, 0) is 0 Å². The van der Waals surface area contributed by atoms with Crippen molar-refractivity contribution in [3.8, 4) is 11.5 Å². The van der Waals surface area contributed by atoms with E-state index in [1.165, 1.54) is 0 Å². The van der Waals surface area contributed by atoms with Gasteiger partial charge < -0.3 is 14.7 Å². The second-order valence-electron chi connectivity index (χ2n) is 6.61. The van der Waals surface area contributed by atoms with E-state index in [2.05, 4.69) is 28.0 Å². The molecule has 0 saturated heterocycles. The van der Waals surface area contributed by atoms with Crippen LogP contribution in [0, 0.1) is 0 Å². The third-order valence-electron chi connectivity index (χ3n) is 4.39. The van der Waals surface area contributed by atoms with E-state index in [1.54, 1.807) is 12.1 Å². The third-order valence-corrected chi connectivity index (χ3v) is 5.31. The summed E-state index contributed by atoms with van der Waals surface area (Å²) in [4.78, 5) is 14.5. The van der Waals surface area contributed by atoms with E-state index in [4.69, 9.17) is 9.88 Å². The Bertz CT molecular complexity index is 793. The number of benzene rings is 2. The molecule has 0 saturated carbocycles. The largest absolute Gasteiger partial charge is 0.478 e. The standard InChI is InChI=1S/C21H29N2O3PS/c1-3-5-10-23(11-6-4-2)18-12-15(21(24)25)13-19(28-22)20(18)26-16-8-7-9-17(27)14-16/h7-9,12-14H,3-6,10-11,22,27H2,1-2H3,(H,24,25). The average Bonchev–Trinajstić information content (AvgIpc) is 2.68. The first-order valence-electron chi connectivity index (χ1n) is 9.56. The zero-order valence-electron chi connectivity index (χ0n) is 16.5. The van der Waals surface area contributed by atoms with E-state index in [-0.39, 0.29) is 5.56 Å². The molecule has 2 aromatic carbocycles. The van der Waals surface area contributed by atoms with E-state index in [9.17, 15) is 9.90 Å². The molecule has 2 rings (SSSR count). The first-order valence-corrected chi connectivity index (χ1v) is 11.0. The monoisotopic (exact) mass is 420 g/mol. The summed E-state index contributed by atoms with van der Waals surface area (Å²) >= 11 is 1.01. The van der Waals surface area contributed by atoms with Crippen molar-refractivity contribution in [1.29, 1.82) is 0 Å². The van der Waals surface area contributed by atoms with Crippen LogP contribution in [0.2, 0.25) is 0 Å². The minimum Gasteiger partial charge on any atom is -0.478 e. The maximum atomic E-state index is 11.7. The summed E-state index contributed by atoms with van der Waals surface area (Å²) < 4.78 is 6.24. The molecule has 0 aliphatic carbocycles. The molecule has 5 nitrogen and oxygen atoms in total. The van der Waals surface area contributed by atoms with E-state index in [0.717, 1.165) is 61.7 Å². The summed E-state index contributed by atoms with van der Waals surface area (Å²) in [5.41, 5.74) is 0.997. The quantitative estimate of drug-likeness (QED) is 0.391. The topological polar surface area (TPSA) is 75.8 Å². The maximum absolute atomic E-state index is 11.7. The highest BCUT2D eigenvalue weighted by Gasteiger charge is 2.21. The average molecular weight is 421 g/mol. The van der Waals surface area contributed by atoms with Crippen LogP contribution in [-0.4, -0.2) is 24.2 Å². The van der Waals surface area contributed by atoms with Crippen LogP contribution in [0.1, 0.15) is 49.9 Å². The summed E-state index contributed by atoms with van der Waals surface area (Å²) in [6, 6.07) is 11.0. The Morgan fingerprint density at radius 3 is 2.39 bits per heavy atom. The van der Waals surface area contributed by atoms with Gasteiger partial charge in [-0.3, -0.25) is 5.14 Å². The van der Waals surface area contributed by atoms with Gasteiger partial charge in [-0.2, -0.15) is 0 Å². The van der Waals surface area contributed by atoms with Crippen LogP contribution in [0.15, 0.2) is 41.3 Å². The summed E-state index contributed by atoms with van der Waals surface area (Å²) in [7, 11) is 2.65. The predicted octanol–water partition coefficient (Wildman–Crippen LogP) is 5.05. The molecule has 2 aromatic rings. The molecule has 0 fully saturated rings. The second-order valence-corrected chi connectivity index (χ2v) is 7.96. The number of unbranched alkanes of at least 4 members (excludes halogenated alkanes) is 2. The molecular formula is C21H29N2O3PS. The van der Waals surface area contributed by atoms with E-state index >= 15 is 0 Å². The molecule has 0 spiro atoms. The number of carbonyl (C=O) groups is 1. The highest BCUT2D eigenvalue weighted by atomic mass is 32.2. The zero-order valence-corrected chi connectivity index (χ0v) is 18.5. The normalized spacial score (nSPS) is 10.7. The van der Waals surface area contributed by atoms with Gasteiger partial charge in [-0.25, -0.2) is 4.79 Å². The highest BCUT2D eigenvalue weighted by Crippen LogP contribution is 2.41. The number of aromatic carboxylic acids is 1. The molecule has 0 aliphatic rings. The lowest BCUT2D eigenvalue weighted by Gasteiger charge is -2.28. The number of nitrogens with two attached hydrogens (primary N) is 1. The smallest absolute Gasteiger partial charge is 0.335 e. The van der Waals surface area contributed by atoms with E-state index in [1.807, 2.05) is 24.3 Å². The molecule has 1 atom stereocenters. The Morgan fingerprint density at radius 1 is 1.18 bits per heavy atom. The SMILES string of the molecule is CCCCN(CCCC)c1cc(C(=O)O)cc(SN)c1Oc1cccc(P)c1. The maximum Gasteiger partial charge on any atom is 0.335 e. The number of carboxylic acid groups (broad SMARTS) is 1. The molecule has 3 N–H and O–H groups in total. The molecule has 0 radical (unpaired) electrons. The van der Waals surface area contributed by atoms with Gasteiger partial charge >= 0.3 is 5.97 Å². The Labute approximate surface area is 174 Å². The van der Waals surface area contributed by atoms with Crippen LogP contribution in [0.4, 0.5) is 5.69 Å². The van der Waals surface area contributed by atoms with E-state index < -0.39 is 5.97 Å². The van der Waals surface area contributed by atoms with Crippen molar-refractivity contribution < 1.29 is 14.6 Å². The first kappa shape index (κ1) is 22.5. The molecule has 1 unspecified atom stereocenters. The number of hydrogen-bond acceptors (Lipinski definition) is 5. The Kier molecular flexibility index (Phi) is 9.10. The second kappa shape index (κ2) is 11.3. The fourth-order valence-electron chi connectivity index (χ4n) is 2.88. The van der Waals surface area contributed by atoms with Crippen LogP contribution < -0.4 is 20.1 Å². The minimum absolute atomic E-state index is 0.216. The van der Waals surface area contributed by atoms with Crippen molar-refractivity contribution in [2.45, 2.75) is 44.4 Å². The van der Waals surface area contributed by atoms with Crippen molar-refractivity contribution in [3.05, 3.63) is 42.0 Å². The lowest BCUT2D eigenvalue weighted by atomic mass is 10.1. The van der Waals surface area contributed by atoms with Crippen LogP contribution in [0.25, 0.3) is 0 Å². The van der Waals surface area contributed by atoms with Gasteiger partial charge in [0.1, 0.15) is 5.75 Å². The predicted molar refractivity (Wildman–Crippen MR) is 121 cm³/mol. The molecule has 0 bridgehead atoms. The van der Waals surface area contributed by atoms with Crippen LogP contribution in [0.5, 0.6) is 11.5 Å². The number of ether oxygens (including phenoxy) is 1. The number of rotatable bonds is 11. The fourth-order valence-corrected chi connectivity index (χ4v) is 3.61. The van der Waals surface area contributed by atoms with Crippen molar-refractivity contribution in [2.24, 2.45) is 5.14 Å². The molecule has 0 aliphatic heterocycles. The van der Waals surface area contributed by atoms with Gasteiger partial charge in [0.05, 0.1) is 16.1 Å².